The van der Waals surface area contributed by atoms with Crippen molar-refractivity contribution in [3.63, 3.8) is 0 Å². The van der Waals surface area contributed by atoms with E-state index in [9.17, 15) is 0 Å². The van der Waals surface area contributed by atoms with E-state index in [-0.39, 0.29) is 0 Å². The first-order valence-electron chi connectivity index (χ1n) is 6.53. The van der Waals surface area contributed by atoms with Gasteiger partial charge in [-0.2, -0.15) is 0 Å². The fourth-order valence-electron chi connectivity index (χ4n) is 2.08. The van der Waals surface area contributed by atoms with Gasteiger partial charge in [0.15, 0.2) is 0 Å². The highest BCUT2D eigenvalue weighted by Gasteiger charge is 2.09. The lowest BCUT2D eigenvalue weighted by Gasteiger charge is -2.01. The van der Waals surface area contributed by atoms with Gasteiger partial charge in [-0.3, -0.25) is 0 Å². The summed E-state index contributed by atoms with van der Waals surface area (Å²) in [4.78, 5) is 8.79. The number of nitrogen functional groups attached to an aromatic ring is 1. The number of benzene rings is 1. The summed E-state index contributed by atoms with van der Waals surface area (Å²) in [6.45, 7) is 2.15. The zero-order chi connectivity index (χ0) is 13.9. The third-order valence-electron chi connectivity index (χ3n) is 3.20. The number of anilines is 1. The van der Waals surface area contributed by atoms with E-state index in [0.717, 1.165) is 28.2 Å². The molecule has 100 valence electrons. The largest absolute Gasteiger partial charge is 0.383 e. The first-order chi connectivity index (χ1) is 9.78. The number of nitrogens with zero attached hydrogens (tertiary/aromatic N) is 2. The topological polar surface area (TPSA) is 51.8 Å². The lowest BCUT2D eigenvalue weighted by Crippen LogP contribution is -1.92. The lowest BCUT2D eigenvalue weighted by atomic mass is 10.1. The van der Waals surface area contributed by atoms with Crippen molar-refractivity contribution in [2.45, 2.75) is 13.3 Å². The van der Waals surface area contributed by atoms with Crippen molar-refractivity contribution in [2.24, 2.45) is 0 Å². The molecule has 0 spiro atoms. The average molecular weight is 281 g/mol. The van der Waals surface area contributed by atoms with Gasteiger partial charge in [0.2, 0.25) is 0 Å². The Kier molecular flexibility index (Phi) is 3.48. The number of hydrogen-bond acceptors (Lipinski definition) is 4. The van der Waals surface area contributed by atoms with Crippen molar-refractivity contribution in [3.8, 4) is 21.8 Å². The molecule has 3 aromatic rings. The van der Waals surface area contributed by atoms with Gasteiger partial charge < -0.3 is 5.73 Å². The summed E-state index contributed by atoms with van der Waals surface area (Å²) in [5.41, 5.74) is 10.3. The van der Waals surface area contributed by atoms with E-state index in [0.29, 0.717) is 5.82 Å². The van der Waals surface area contributed by atoms with Gasteiger partial charge in [0, 0.05) is 17.1 Å². The molecule has 0 amide bonds. The van der Waals surface area contributed by atoms with Gasteiger partial charge in [-0.1, -0.05) is 25.1 Å². The highest BCUT2D eigenvalue weighted by Crippen LogP contribution is 2.31. The van der Waals surface area contributed by atoms with Crippen LogP contribution in [-0.2, 0) is 6.42 Å². The minimum absolute atomic E-state index is 0.524. The Bertz CT molecular complexity index is 734. The molecule has 2 heterocycles. The molecule has 2 aromatic heterocycles. The second-order valence-corrected chi connectivity index (χ2v) is 5.39. The summed E-state index contributed by atoms with van der Waals surface area (Å²) < 4.78 is 0. The van der Waals surface area contributed by atoms with E-state index >= 15 is 0 Å². The van der Waals surface area contributed by atoms with Crippen LogP contribution < -0.4 is 5.73 Å². The number of thiazole rings is 1. The van der Waals surface area contributed by atoms with E-state index in [2.05, 4.69) is 46.5 Å². The van der Waals surface area contributed by atoms with Crippen molar-refractivity contribution >= 4 is 17.2 Å². The van der Waals surface area contributed by atoms with Crippen LogP contribution in [0.5, 0.6) is 0 Å². The molecule has 0 saturated carbocycles. The molecule has 0 atom stereocenters. The third kappa shape index (κ3) is 2.42. The molecule has 3 nitrogen and oxygen atoms in total. The van der Waals surface area contributed by atoms with Crippen LogP contribution in [0.25, 0.3) is 21.8 Å². The van der Waals surface area contributed by atoms with Crippen molar-refractivity contribution in [1.82, 2.24) is 9.97 Å². The van der Waals surface area contributed by atoms with Gasteiger partial charge in [-0.25, -0.2) is 9.97 Å². The summed E-state index contributed by atoms with van der Waals surface area (Å²) in [5, 5.41) is 2.98. The Labute approximate surface area is 122 Å². The monoisotopic (exact) mass is 281 g/mol. The first-order valence-corrected chi connectivity index (χ1v) is 7.41. The van der Waals surface area contributed by atoms with Crippen LogP contribution in [-0.4, -0.2) is 9.97 Å². The van der Waals surface area contributed by atoms with E-state index in [1.54, 1.807) is 17.5 Å². The zero-order valence-electron chi connectivity index (χ0n) is 11.2. The van der Waals surface area contributed by atoms with Crippen LogP contribution >= 0.6 is 11.3 Å². The van der Waals surface area contributed by atoms with Gasteiger partial charge in [-0.15, -0.1) is 11.3 Å². The van der Waals surface area contributed by atoms with Crippen LogP contribution in [0.15, 0.2) is 48.0 Å². The lowest BCUT2D eigenvalue weighted by molar-refractivity contribution is 1.14. The number of nitrogens with two attached hydrogens (primary N) is 1. The smallest absolute Gasteiger partial charge is 0.133 e. The summed E-state index contributed by atoms with van der Waals surface area (Å²) in [7, 11) is 0. The molecule has 3 rings (SSSR count). The molecule has 0 radical (unpaired) electrons. The molecular weight excluding hydrogens is 266 g/mol. The molecule has 1 aromatic carbocycles. The van der Waals surface area contributed by atoms with Crippen molar-refractivity contribution in [3.05, 3.63) is 53.5 Å². The van der Waals surface area contributed by atoms with Crippen molar-refractivity contribution < 1.29 is 0 Å². The molecule has 0 aliphatic rings. The Morgan fingerprint density at radius 2 is 2.10 bits per heavy atom. The molecule has 2 N–H and O–H groups in total. The molecule has 0 fully saturated rings. The second kappa shape index (κ2) is 5.43. The fraction of sp³-hybridized carbons (Fsp3) is 0.125. The number of aryl methyl sites for hydroxylation is 1. The number of aromatic nitrogens is 2. The quantitative estimate of drug-likeness (QED) is 0.789. The molecule has 0 saturated heterocycles. The number of hydrogen-bond donors (Lipinski definition) is 1. The molecule has 0 bridgehead atoms. The summed E-state index contributed by atoms with van der Waals surface area (Å²) >= 11 is 1.59. The Morgan fingerprint density at radius 3 is 2.90 bits per heavy atom. The van der Waals surface area contributed by atoms with Gasteiger partial charge in [-0.05, 0) is 30.2 Å². The maximum absolute atomic E-state index is 5.90. The van der Waals surface area contributed by atoms with Crippen molar-refractivity contribution in [2.75, 3.05) is 5.73 Å². The predicted molar refractivity (Wildman–Crippen MR) is 84.6 cm³/mol. The molecule has 0 unspecified atom stereocenters. The minimum Gasteiger partial charge on any atom is -0.383 e. The zero-order valence-corrected chi connectivity index (χ0v) is 12.0. The minimum atomic E-state index is 0.524. The third-order valence-corrected chi connectivity index (χ3v) is 4.08. The fourth-order valence-corrected chi connectivity index (χ4v) is 2.94. The Balaban J connectivity index is 2.00. The number of rotatable bonds is 3. The van der Waals surface area contributed by atoms with E-state index < -0.39 is 0 Å². The van der Waals surface area contributed by atoms with Gasteiger partial charge in [0.05, 0.1) is 11.3 Å². The Hall–Kier alpha value is -2.20. The normalized spacial score (nSPS) is 10.7. The van der Waals surface area contributed by atoms with Crippen LogP contribution in [0.1, 0.15) is 12.5 Å². The average Bonchev–Trinajstić information content (AvgIpc) is 2.97. The van der Waals surface area contributed by atoms with E-state index in [1.165, 1.54) is 5.56 Å². The van der Waals surface area contributed by atoms with Crippen molar-refractivity contribution in [1.29, 1.82) is 0 Å². The summed E-state index contributed by atoms with van der Waals surface area (Å²) in [6, 6.07) is 12.3. The Morgan fingerprint density at radius 1 is 1.20 bits per heavy atom. The molecule has 20 heavy (non-hydrogen) atoms. The molecule has 4 heteroatoms. The maximum atomic E-state index is 5.90. The van der Waals surface area contributed by atoms with Gasteiger partial charge in [0.25, 0.3) is 0 Å². The van der Waals surface area contributed by atoms with Crippen LogP contribution in [0.4, 0.5) is 5.82 Å². The highest BCUT2D eigenvalue weighted by molar-refractivity contribution is 7.13. The van der Waals surface area contributed by atoms with E-state index in [4.69, 9.17) is 5.73 Å². The van der Waals surface area contributed by atoms with Gasteiger partial charge in [0.1, 0.15) is 10.8 Å². The first kappa shape index (κ1) is 12.8. The maximum Gasteiger partial charge on any atom is 0.133 e. The van der Waals surface area contributed by atoms with Crippen LogP contribution in [0.3, 0.4) is 0 Å². The second-order valence-electron chi connectivity index (χ2n) is 4.53. The molecule has 0 aliphatic heterocycles. The predicted octanol–water partition coefficient (Wildman–Crippen LogP) is 4.02. The molecular formula is C16H15N3S. The van der Waals surface area contributed by atoms with Crippen LogP contribution in [0.2, 0.25) is 0 Å². The standard InChI is InChI=1S/C16H15N3S/c1-2-11-5-3-6-12(9-11)14-10-20-16(19-14)13-7-4-8-18-15(13)17/h3-10H,2H2,1H3,(H2,17,18). The SMILES string of the molecule is CCc1cccc(-c2csc(-c3cccnc3N)n2)c1. The number of pyridine rings is 1. The highest BCUT2D eigenvalue weighted by atomic mass is 32.1. The van der Waals surface area contributed by atoms with Gasteiger partial charge >= 0.3 is 0 Å². The summed E-state index contributed by atoms with van der Waals surface area (Å²) in [5.74, 6) is 0.524. The summed E-state index contributed by atoms with van der Waals surface area (Å²) in [6.07, 6.45) is 2.72. The van der Waals surface area contributed by atoms with E-state index in [1.807, 2.05) is 12.1 Å². The molecule has 0 aliphatic carbocycles. The van der Waals surface area contributed by atoms with Crippen LogP contribution in [0, 0.1) is 0 Å².